The maximum Gasteiger partial charge on any atom is 0.323 e. The molecule has 1 rings (SSSR count). The highest BCUT2D eigenvalue weighted by Gasteiger charge is 2.07. The lowest BCUT2D eigenvalue weighted by Crippen LogP contribution is -2.26. The fourth-order valence-electron chi connectivity index (χ4n) is 1.40. The minimum absolute atomic E-state index is 0.0157. The molecule has 1 aromatic heterocycles. The second-order valence-electron chi connectivity index (χ2n) is 4.28. The van der Waals surface area contributed by atoms with Crippen LogP contribution in [0.15, 0.2) is 0 Å². The summed E-state index contributed by atoms with van der Waals surface area (Å²) in [6.45, 7) is 5.59. The number of aromatic nitrogens is 3. The van der Waals surface area contributed by atoms with Gasteiger partial charge in [-0.2, -0.15) is 15.0 Å². The monoisotopic (exact) mass is 297 g/mol. The third-order valence-corrected chi connectivity index (χ3v) is 2.39. The van der Waals surface area contributed by atoms with Crippen molar-refractivity contribution >= 4 is 17.8 Å². The number of nitrogens with two attached hydrogens (primary N) is 1. The van der Waals surface area contributed by atoms with E-state index < -0.39 is 0 Å². The first-order chi connectivity index (χ1) is 10.2. The maximum atomic E-state index is 11.5. The van der Waals surface area contributed by atoms with E-state index in [-0.39, 0.29) is 17.9 Å². The second-order valence-corrected chi connectivity index (χ2v) is 4.28. The predicted molar refractivity (Wildman–Crippen MR) is 79.8 cm³/mol. The topological polar surface area (TPSA) is 127 Å². The Morgan fingerprint density at radius 3 is 2.57 bits per heavy atom. The summed E-state index contributed by atoms with van der Waals surface area (Å²) in [6.07, 6.45) is 2.09. The van der Waals surface area contributed by atoms with E-state index in [1.54, 1.807) is 0 Å². The van der Waals surface area contributed by atoms with Crippen LogP contribution in [0.5, 0.6) is 6.01 Å². The highest BCUT2D eigenvalue weighted by Crippen LogP contribution is 2.10. The number of hydrazine groups is 1. The molecule has 118 valence electrons. The van der Waals surface area contributed by atoms with Crippen molar-refractivity contribution < 1.29 is 9.53 Å². The number of carbonyl (C=O) groups excluding carboxylic acids is 1. The molecule has 0 atom stereocenters. The molecular weight excluding hydrogens is 274 g/mol. The Balaban J connectivity index is 2.51. The van der Waals surface area contributed by atoms with Crippen LogP contribution >= 0.6 is 0 Å². The molecule has 0 fully saturated rings. The third kappa shape index (κ3) is 6.70. The Morgan fingerprint density at radius 2 is 1.90 bits per heavy atom. The summed E-state index contributed by atoms with van der Waals surface area (Å²) >= 11 is 0. The van der Waals surface area contributed by atoms with Crippen molar-refractivity contribution in [2.75, 3.05) is 30.4 Å². The van der Waals surface area contributed by atoms with Gasteiger partial charge in [-0.25, -0.2) is 5.84 Å². The number of rotatable bonds is 10. The lowest BCUT2D eigenvalue weighted by molar-refractivity contribution is -0.120. The number of ether oxygens (including phenoxy) is 1. The summed E-state index contributed by atoms with van der Waals surface area (Å²) < 4.78 is 5.34. The number of nitrogen functional groups attached to an aromatic ring is 1. The molecule has 0 bridgehead atoms. The largest absolute Gasteiger partial charge is 0.463 e. The van der Waals surface area contributed by atoms with E-state index in [1.165, 1.54) is 0 Å². The van der Waals surface area contributed by atoms with Gasteiger partial charge in [-0.1, -0.05) is 13.8 Å². The fraction of sp³-hybridized carbons (Fsp3) is 0.667. The summed E-state index contributed by atoms with van der Waals surface area (Å²) in [5.41, 5.74) is 2.35. The summed E-state index contributed by atoms with van der Waals surface area (Å²) in [6, 6.07) is 0.192. The zero-order chi connectivity index (χ0) is 15.5. The normalized spacial score (nSPS) is 10.0. The smallest absolute Gasteiger partial charge is 0.323 e. The minimum atomic E-state index is -0.0157. The summed E-state index contributed by atoms with van der Waals surface area (Å²) in [5, 5.41) is 5.74. The van der Waals surface area contributed by atoms with E-state index in [4.69, 9.17) is 10.6 Å². The molecule has 5 N–H and O–H groups in total. The predicted octanol–water partition coefficient (Wildman–Crippen LogP) is 0.274. The van der Waals surface area contributed by atoms with E-state index in [2.05, 4.69) is 31.0 Å². The number of hydrogen-bond donors (Lipinski definition) is 4. The van der Waals surface area contributed by atoms with Gasteiger partial charge in [-0.3, -0.25) is 10.2 Å². The Morgan fingerprint density at radius 1 is 1.14 bits per heavy atom. The summed E-state index contributed by atoms with van der Waals surface area (Å²) in [7, 11) is 0. The number of carbonyl (C=O) groups is 1. The number of nitrogens with zero attached hydrogens (tertiary/aromatic N) is 3. The average Bonchev–Trinajstić information content (AvgIpc) is 2.50. The molecule has 1 aromatic rings. The van der Waals surface area contributed by atoms with Crippen LogP contribution in [0.1, 0.15) is 33.1 Å². The quantitative estimate of drug-likeness (QED) is 0.358. The molecular formula is C12H23N7O2. The van der Waals surface area contributed by atoms with Crippen LogP contribution in [-0.4, -0.2) is 40.6 Å². The van der Waals surface area contributed by atoms with E-state index in [1.807, 2.05) is 13.8 Å². The van der Waals surface area contributed by atoms with Gasteiger partial charge in [0.1, 0.15) is 0 Å². The van der Waals surface area contributed by atoms with E-state index >= 15 is 0 Å². The minimum Gasteiger partial charge on any atom is -0.463 e. The van der Waals surface area contributed by atoms with Crippen molar-refractivity contribution in [3.8, 4) is 6.01 Å². The SMILES string of the molecule is CCCNC(=O)CCNc1nc(NN)nc(OCCC)n1. The van der Waals surface area contributed by atoms with Gasteiger partial charge in [0.2, 0.25) is 17.8 Å². The number of amides is 1. The number of nitrogens with one attached hydrogen (secondary N) is 3. The Hall–Kier alpha value is -2.16. The maximum absolute atomic E-state index is 11.5. The van der Waals surface area contributed by atoms with Crippen molar-refractivity contribution in [2.24, 2.45) is 5.84 Å². The van der Waals surface area contributed by atoms with Crippen LogP contribution in [0.4, 0.5) is 11.9 Å². The molecule has 1 amide bonds. The van der Waals surface area contributed by atoms with Gasteiger partial charge in [-0.05, 0) is 12.8 Å². The van der Waals surface area contributed by atoms with Crippen LogP contribution < -0.4 is 26.6 Å². The Labute approximate surface area is 124 Å². The third-order valence-electron chi connectivity index (χ3n) is 2.39. The van der Waals surface area contributed by atoms with Crippen molar-refractivity contribution in [1.82, 2.24) is 20.3 Å². The van der Waals surface area contributed by atoms with Gasteiger partial charge in [-0.15, -0.1) is 0 Å². The molecule has 0 aromatic carbocycles. The van der Waals surface area contributed by atoms with Gasteiger partial charge < -0.3 is 15.4 Å². The molecule has 0 aliphatic rings. The second kappa shape index (κ2) is 9.70. The molecule has 0 radical (unpaired) electrons. The Bertz CT molecular complexity index is 442. The molecule has 0 spiro atoms. The number of anilines is 2. The van der Waals surface area contributed by atoms with Crippen molar-refractivity contribution in [3.63, 3.8) is 0 Å². The lowest BCUT2D eigenvalue weighted by atomic mass is 10.4. The van der Waals surface area contributed by atoms with E-state index in [9.17, 15) is 4.79 Å². The first kappa shape index (κ1) is 16.9. The Kier molecular flexibility index (Phi) is 7.80. The number of hydrogen-bond acceptors (Lipinski definition) is 8. The molecule has 0 saturated heterocycles. The highest BCUT2D eigenvalue weighted by molar-refractivity contribution is 5.76. The van der Waals surface area contributed by atoms with Crippen LogP contribution in [0.2, 0.25) is 0 Å². The first-order valence-corrected chi connectivity index (χ1v) is 7.05. The molecule has 21 heavy (non-hydrogen) atoms. The molecule has 0 aliphatic carbocycles. The summed E-state index contributed by atoms with van der Waals surface area (Å²) in [5.74, 6) is 5.80. The zero-order valence-corrected chi connectivity index (χ0v) is 12.5. The van der Waals surface area contributed by atoms with E-state index in [0.717, 1.165) is 12.8 Å². The average molecular weight is 297 g/mol. The molecule has 0 saturated carbocycles. The van der Waals surface area contributed by atoms with Crippen LogP contribution in [0.25, 0.3) is 0 Å². The molecule has 0 aliphatic heterocycles. The zero-order valence-electron chi connectivity index (χ0n) is 12.5. The first-order valence-electron chi connectivity index (χ1n) is 7.05. The van der Waals surface area contributed by atoms with Crippen LogP contribution in [-0.2, 0) is 4.79 Å². The van der Waals surface area contributed by atoms with E-state index in [0.29, 0.717) is 32.1 Å². The molecule has 9 nitrogen and oxygen atoms in total. The highest BCUT2D eigenvalue weighted by atomic mass is 16.5. The molecule has 1 heterocycles. The van der Waals surface area contributed by atoms with Gasteiger partial charge in [0, 0.05) is 19.5 Å². The fourth-order valence-corrected chi connectivity index (χ4v) is 1.40. The summed E-state index contributed by atoms with van der Waals surface area (Å²) in [4.78, 5) is 23.6. The van der Waals surface area contributed by atoms with Crippen molar-refractivity contribution in [3.05, 3.63) is 0 Å². The van der Waals surface area contributed by atoms with Crippen molar-refractivity contribution in [2.45, 2.75) is 33.1 Å². The van der Waals surface area contributed by atoms with Crippen LogP contribution in [0.3, 0.4) is 0 Å². The standard InChI is InChI=1S/C12H23N7O2/c1-3-6-14-9(20)5-7-15-10-16-11(19-13)18-12(17-10)21-8-4-2/h3-8,13H2,1-2H3,(H,14,20)(H2,15,16,17,18,19). The van der Waals surface area contributed by atoms with Crippen molar-refractivity contribution in [1.29, 1.82) is 0 Å². The molecule has 0 unspecified atom stereocenters. The van der Waals surface area contributed by atoms with Gasteiger partial charge in [0.05, 0.1) is 6.61 Å². The van der Waals surface area contributed by atoms with Crippen LogP contribution in [0, 0.1) is 0 Å². The molecule has 9 heteroatoms. The lowest BCUT2D eigenvalue weighted by Gasteiger charge is -2.09. The van der Waals surface area contributed by atoms with Gasteiger partial charge in [0.25, 0.3) is 0 Å². The van der Waals surface area contributed by atoms with Gasteiger partial charge >= 0.3 is 6.01 Å². The van der Waals surface area contributed by atoms with Gasteiger partial charge in [0.15, 0.2) is 0 Å².